The van der Waals surface area contributed by atoms with Gasteiger partial charge in [0.05, 0.1) is 18.3 Å². The molecule has 7 nitrogen and oxygen atoms in total. The Balaban J connectivity index is 1.56. The molecule has 0 radical (unpaired) electrons. The van der Waals surface area contributed by atoms with Crippen molar-refractivity contribution in [3.63, 3.8) is 0 Å². The normalized spacial score (nSPS) is 26.2. The minimum atomic E-state index is -3.82. The molecule has 1 aromatic heterocycles. The average Bonchev–Trinajstić information content (AvgIpc) is 3.31. The van der Waals surface area contributed by atoms with Gasteiger partial charge < -0.3 is 9.42 Å². The summed E-state index contributed by atoms with van der Waals surface area (Å²) in [6, 6.07) is 12.7. The Hall–Kier alpha value is -3.11. The summed E-state index contributed by atoms with van der Waals surface area (Å²) in [6.45, 7) is 0. The molecule has 34 heavy (non-hydrogen) atoms. The Morgan fingerprint density at radius 3 is 2.56 bits per heavy atom. The molecule has 10 heteroatoms. The Labute approximate surface area is 195 Å². The van der Waals surface area contributed by atoms with E-state index in [4.69, 9.17) is 4.52 Å². The summed E-state index contributed by atoms with van der Waals surface area (Å²) in [5.41, 5.74) is -0.492. The molecule has 2 saturated heterocycles. The van der Waals surface area contributed by atoms with Crippen LogP contribution in [0.25, 0.3) is 11.1 Å². The molecule has 3 aliphatic rings. The Morgan fingerprint density at radius 2 is 1.91 bits per heavy atom. The fourth-order valence-corrected chi connectivity index (χ4v) is 5.99. The van der Waals surface area contributed by atoms with Crippen molar-refractivity contribution in [1.82, 2.24) is 14.8 Å². The number of rotatable bonds is 6. The van der Waals surface area contributed by atoms with Crippen molar-refractivity contribution < 1.29 is 26.5 Å². The van der Waals surface area contributed by atoms with Gasteiger partial charge >= 0.3 is 0 Å². The number of amides is 1. The van der Waals surface area contributed by atoms with Gasteiger partial charge in [-0.15, -0.1) is 0 Å². The van der Waals surface area contributed by atoms with Gasteiger partial charge in [-0.25, -0.2) is 21.9 Å². The molecule has 178 valence electrons. The zero-order chi connectivity index (χ0) is 24.1. The number of alkyl halides is 1. The largest absolute Gasteiger partial charge is 0.364 e. The van der Waals surface area contributed by atoms with Gasteiger partial charge in [-0.2, -0.15) is 0 Å². The summed E-state index contributed by atoms with van der Waals surface area (Å²) in [7, 11) is -3.82. The van der Waals surface area contributed by atoms with Gasteiger partial charge in [0.1, 0.15) is 17.7 Å². The zero-order valence-corrected chi connectivity index (χ0v) is 19.1. The number of piperidine rings is 2. The van der Waals surface area contributed by atoms with Crippen molar-refractivity contribution in [2.75, 3.05) is 6.26 Å². The summed E-state index contributed by atoms with van der Waals surface area (Å²) >= 11 is 0. The molecule has 2 atom stereocenters. The lowest BCUT2D eigenvalue weighted by atomic mass is 9.64. The van der Waals surface area contributed by atoms with Crippen LogP contribution in [0.2, 0.25) is 0 Å². The molecule has 3 fully saturated rings. The number of benzene rings is 2. The summed E-state index contributed by atoms with van der Waals surface area (Å²) in [4.78, 5) is 14.7. The number of sulfonamides is 1. The van der Waals surface area contributed by atoms with Crippen LogP contribution in [0, 0.1) is 5.82 Å². The van der Waals surface area contributed by atoms with Crippen LogP contribution in [0.3, 0.4) is 0 Å². The minimum Gasteiger partial charge on any atom is -0.364 e. The second-order valence-corrected chi connectivity index (χ2v) is 10.8. The molecule has 1 aliphatic carbocycles. The van der Waals surface area contributed by atoms with Gasteiger partial charge in [0.2, 0.25) is 10.0 Å². The smallest absolute Gasteiger partial charge is 0.276 e. The van der Waals surface area contributed by atoms with E-state index in [0.29, 0.717) is 11.1 Å². The van der Waals surface area contributed by atoms with Crippen LogP contribution in [-0.4, -0.2) is 54.4 Å². The van der Waals surface area contributed by atoms with Crippen molar-refractivity contribution in [3.05, 3.63) is 77.9 Å². The molecule has 6 rings (SSSR count). The van der Waals surface area contributed by atoms with Crippen LogP contribution in [0.15, 0.2) is 65.4 Å². The number of fused-ring (bicyclic) bond motifs is 2. The third-order valence-corrected chi connectivity index (χ3v) is 7.35. The van der Waals surface area contributed by atoms with E-state index in [1.807, 2.05) is 6.07 Å². The van der Waals surface area contributed by atoms with Crippen LogP contribution >= 0.6 is 0 Å². The van der Waals surface area contributed by atoms with Crippen molar-refractivity contribution in [2.45, 2.75) is 43.1 Å². The van der Waals surface area contributed by atoms with Gasteiger partial charge in [-0.3, -0.25) is 4.79 Å². The van der Waals surface area contributed by atoms with Crippen LogP contribution in [0.1, 0.15) is 28.9 Å². The Kier molecular flexibility index (Phi) is 5.52. The first-order valence-electron chi connectivity index (χ1n) is 10.9. The summed E-state index contributed by atoms with van der Waals surface area (Å²) in [5, 5.41) is 3.70. The first kappa shape index (κ1) is 22.7. The van der Waals surface area contributed by atoms with E-state index in [2.05, 4.69) is 9.88 Å². The topological polar surface area (TPSA) is 92.5 Å². The van der Waals surface area contributed by atoms with E-state index in [1.54, 1.807) is 42.5 Å². The molecule has 0 unspecified atom stereocenters. The third-order valence-electron chi connectivity index (χ3n) is 6.67. The van der Waals surface area contributed by atoms with E-state index in [-0.39, 0.29) is 30.5 Å². The third kappa shape index (κ3) is 4.01. The maximum Gasteiger partial charge on any atom is 0.276 e. The standard InChI is InChI=1S/C24H23F2N3O4S/c1-34(31,32)28-22-20(12-16-8-5-9-18(21(16)25)15-6-3-2-4-7-15)29(17-13-24(22,26)14-17)23(30)19-10-11-33-27-19/h2-11,17,20,22,28H,12-14H2,1H3/t17?,20-,22+,24?/m0/s1. The number of aromatic nitrogens is 1. The van der Waals surface area contributed by atoms with Gasteiger partial charge in [0.25, 0.3) is 5.91 Å². The number of hydrogen-bond acceptors (Lipinski definition) is 5. The monoisotopic (exact) mass is 487 g/mol. The summed E-state index contributed by atoms with van der Waals surface area (Å²) in [5.74, 6) is -1.00. The van der Waals surface area contributed by atoms with E-state index in [9.17, 15) is 13.2 Å². The van der Waals surface area contributed by atoms with E-state index in [0.717, 1.165) is 6.26 Å². The molecular formula is C24H23F2N3O4S. The summed E-state index contributed by atoms with van der Waals surface area (Å²) < 4.78 is 62.8. The van der Waals surface area contributed by atoms with Gasteiger partial charge in [-0.05, 0) is 17.5 Å². The molecule has 1 saturated carbocycles. The minimum absolute atomic E-state index is 0.00713. The van der Waals surface area contributed by atoms with Crippen molar-refractivity contribution in [1.29, 1.82) is 0 Å². The van der Waals surface area contributed by atoms with Crippen molar-refractivity contribution >= 4 is 15.9 Å². The van der Waals surface area contributed by atoms with E-state index in [1.165, 1.54) is 17.2 Å². The molecular weight excluding hydrogens is 464 g/mol. The Morgan fingerprint density at radius 1 is 1.18 bits per heavy atom. The number of nitrogens with one attached hydrogen (secondary N) is 1. The fourth-order valence-electron chi connectivity index (χ4n) is 5.16. The van der Waals surface area contributed by atoms with Gasteiger partial charge in [0.15, 0.2) is 5.69 Å². The van der Waals surface area contributed by atoms with Gasteiger partial charge in [0, 0.05) is 30.5 Å². The maximum atomic E-state index is 15.7. The number of nitrogens with zero attached hydrogens (tertiary/aromatic N) is 2. The fraction of sp³-hybridized carbons (Fsp3) is 0.333. The molecule has 2 aliphatic heterocycles. The number of carbonyl (C=O) groups excluding carboxylic acids is 1. The van der Waals surface area contributed by atoms with Crippen LogP contribution in [0.4, 0.5) is 8.78 Å². The van der Waals surface area contributed by atoms with Crippen LogP contribution in [0.5, 0.6) is 0 Å². The predicted molar refractivity (Wildman–Crippen MR) is 121 cm³/mol. The van der Waals surface area contributed by atoms with E-state index < -0.39 is 45.5 Å². The van der Waals surface area contributed by atoms with Crippen LogP contribution in [-0.2, 0) is 16.4 Å². The average molecular weight is 488 g/mol. The molecule has 0 spiro atoms. The first-order chi connectivity index (χ1) is 16.2. The van der Waals surface area contributed by atoms with Crippen LogP contribution < -0.4 is 4.72 Å². The molecule has 2 aromatic carbocycles. The molecule has 3 heterocycles. The second-order valence-electron chi connectivity index (χ2n) is 8.98. The zero-order valence-electron chi connectivity index (χ0n) is 18.3. The number of halogens is 2. The predicted octanol–water partition coefficient (Wildman–Crippen LogP) is 3.34. The SMILES string of the molecule is CS(=O)(=O)N[C@@H]1[C@H](Cc2cccc(-c3ccccc3)c2F)N(C(=O)c2ccon2)C2CC1(F)C2. The van der Waals surface area contributed by atoms with Gasteiger partial charge in [-0.1, -0.05) is 53.7 Å². The van der Waals surface area contributed by atoms with Crippen molar-refractivity contribution in [3.8, 4) is 11.1 Å². The lowest BCUT2D eigenvalue weighted by molar-refractivity contribution is -0.118. The van der Waals surface area contributed by atoms with E-state index >= 15 is 8.78 Å². The summed E-state index contributed by atoms with van der Waals surface area (Å²) in [6.07, 6.45) is 2.10. The van der Waals surface area contributed by atoms with Crippen molar-refractivity contribution in [2.24, 2.45) is 0 Å². The maximum absolute atomic E-state index is 15.7. The lowest BCUT2D eigenvalue weighted by Gasteiger charge is -2.60. The molecule has 3 aromatic rings. The highest BCUT2D eigenvalue weighted by Gasteiger charge is 2.63. The molecule has 1 amide bonds. The number of carbonyl (C=O) groups is 1. The first-order valence-corrected chi connectivity index (χ1v) is 12.8. The lowest BCUT2D eigenvalue weighted by Crippen LogP contribution is -2.77. The highest BCUT2D eigenvalue weighted by Crippen LogP contribution is 2.50. The quantitative estimate of drug-likeness (QED) is 0.576. The molecule has 1 N–H and O–H groups in total. The second kappa shape index (κ2) is 8.28. The highest BCUT2D eigenvalue weighted by molar-refractivity contribution is 7.88. The Bertz CT molecular complexity index is 1310. The number of hydrogen-bond donors (Lipinski definition) is 1. The highest BCUT2D eigenvalue weighted by atomic mass is 32.2. The molecule has 2 bridgehead atoms.